The van der Waals surface area contributed by atoms with Crippen LogP contribution in [0.15, 0.2) is 12.2 Å². The average molecular weight is 568 g/mol. The molecule has 4 fully saturated rings. The Bertz CT molecular complexity index is 1170. The predicted octanol–water partition coefficient (Wildman–Crippen LogP) is 6.25. The largest absolute Gasteiger partial charge is 0.469 e. The van der Waals surface area contributed by atoms with Gasteiger partial charge < -0.3 is 9.47 Å². The van der Waals surface area contributed by atoms with Gasteiger partial charge in [-0.15, -0.1) is 0 Å². The molecular formula is C34H49NO6. The maximum Gasteiger partial charge on any atom is 0.312 e. The van der Waals surface area contributed by atoms with E-state index in [1.54, 1.807) is 0 Å². The van der Waals surface area contributed by atoms with Crippen molar-refractivity contribution in [2.45, 2.75) is 99.3 Å². The van der Waals surface area contributed by atoms with Crippen LogP contribution in [0.1, 0.15) is 99.3 Å². The molecule has 0 bridgehead atoms. The summed E-state index contributed by atoms with van der Waals surface area (Å²) < 4.78 is 10.5. The van der Waals surface area contributed by atoms with Gasteiger partial charge in [-0.05, 0) is 103 Å². The summed E-state index contributed by atoms with van der Waals surface area (Å²) in [4.78, 5) is 50.3. The van der Waals surface area contributed by atoms with E-state index in [4.69, 9.17) is 9.47 Å². The lowest BCUT2D eigenvalue weighted by molar-refractivity contribution is -0.229. The van der Waals surface area contributed by atoms with E-state index in [9.17, 15) is 24.4 Å². The highest BCUT2D eigenvalue weighted by Crippen LogP contribution is 2.76. The molecule has 0 aromatic carbocycles. The van der Waals surface area contributed by atoms with E-state index < -0.39 is 22.2 Å². The zero-order valence-corrected chi connectivity index (χ0v) is 26.1. The maximum absolute atomic E-state index is 13.4. The molecule has 0 aliphatic heterocycles. The van der Waals surface area contributed by atoms with E-state index in [0.29, 0.717) is 12.0 Å². The molecule has 9 atom stereocenters. The Morgan fingerprint density at radius 2 is 1.71 bits per heavy atom. The van der Waals surface area contributed by atoms with Crippen molar-refractivity contribution in [2.24, 2.45) is 56.7 Å². The summed E-state index contributed by atoms with van der Waals surface area (Å²) in [6, 6.07) is 2.49. The van der Waals surface area contributed by atoms with E-state index in [2.05, 4.69) is 33.4 Å². The van der Waals surface area contributed by atoms with Gasteiger partial charge in [0.1, 0.15) is 6.29 Å². The molecule has 7 nitrogen and oxygen atoms in total. The minimum atomic E-state index is -0.759. The van der Waals surface area contributed by atoms with Crippen molar-refractivity contribution in [3.05, 3.63) is 12.2 Å². The standard InChI is InChI=1S/C34H49NO6/c1-21(19-36)23-11-14-34(29(39)40-8)16-15-32(6)24(28(23)34)9-10-26-31(5,17-18-35)25(12-13-33(26,32)7)30(3,4)27(38)20-41-22(2)37/h19,23-26,28H,1,9-17,20H2,2-8H3/t23-,24+,25-,26+,28+,31-,32+,33+,34-/m0/s1. The number of hydrogen-bond acceptors (Lipinski definition) is 7. The molecule has 7 heteroatoms. The number of methoxy groups -OCH3 is 1. The SMILES string of the molecule is C=C(C=O)[C@@H]1CC[C@]2(C(=O)OC)CC[C@]3(C)[C@H](CC[C@@H]4[C@@](C)(CC#N)[C@H](C(C)(C)C(=O)COC(C)=O)CC[C@]43C)[C@@H]12. The topological polar surface area (TPSA) is 111 Å². The first-order chi connectivity index (χ1) is 19.1. The third-order valence-corrected chi connectivity index (χ3v) is 13.4. The van der Waals surface area contributed by atoms with Crippen LogP contribution < -0.4 is 0 Å². The lowest BCUT2D eigenvalue weighted by Gasteiger charge is -2.71. The lowest BCUT2D eigenvalue weighted by Crippen LogP contribution is -2.66. The summed E-state index contributed by atoms with van der Waals surface area (Å²) in [5.41, 5.74) is -1.41. The van der Waals surface area contributed by atoms with Gasteiger partial charge in [0.2, 0.25) is 0 Å². The Kier molecular flexibility index (Phi) is 8.17. The molecule has 0 aromatic rings. The van der Waals surface area contributed by atoms with Crippen molar-refractivity contribution in [3.8, 4) is 6.07 Å². The second kappa shape index (κ2) is 10.7. The van der Waals surface area contributed by atoms with Crippen LogP contribution in [-0.4, -0.2) is 37.7 Å². The fraction of sp³-hybridized carbons (Fsp3) is 0.794. The number of nitrogens with zero attached hydrogens (tertiary/aromatic N) is 1. The molecule has 0 spiro atoms. The number of ether oxygens (including phenoxy) is 2. The number of Topliss-reactive ketones (excluding diaryl/α,β-unsaturated/α-hetero) is 1. The molecule has 0 heterocycles. The van der Waals surface area contributed by atoms with Gasteiger partial charge in [0.15, 0.2) is 12.4 Å². The van der Waals surface area contributed by atoms with Gasteiger partial charge in [-0.1, -0.05) is 41.2 Å². The summed E-state index contributed by atoms with van der Waals surface area (Å²) in [6.45, 7) is 16.1. The van der Waals surface area contributed by atoms with Crippen molar-refractivity contribution in [3.63, 3.8) is 0 Å². The number of aldehydes is 1. The smallest absolute Gasteiger partial charge is 0.312 e. The Labute approximate surface area is 245 Å². The zero-order chi connectivity index (χ0) is 30.6. The van der Waals surface area contributed by atoms with Gasteiger partial charge in [0.25, 0.3) is 0 Å². The van der Waals surface area contributed by atoms with Gasteiger partial charge >= 0.3 is 11.9 Å². The molecule has 0 unspecified atom stereocenters. The molecule has 4 rings (SSSR count). The van der Waals surface area contributed by atoms with Crippen LogP contribution in [0, 0.1) is 68.0 Å². The van der Waals surface area contributed by atoms with E-state index in [0.717, 1.165) is 57.7 Å². The molecule has 0 aromatic heterocycles. The number of fused-ring (bicyclic) bond motifs is 5. The number of ketones is 1. The molecule has 0 amide bonds. The minimum Gasteiger partial charge on any atom is -0.469 e. The third-order valence-electron chi connectivity index (χ3n) is 13.4. The second-order valence-electron chi connectivity index (χ2n) is 14.9. The molecule has 0 N–H and O–H groups in total. The Morgan fingerprint density at radius 1 is 1.02 bits per heavy atom. The second-order valence-corrected chi connectivity index (χ2v) is 14.9. The first-order valence-electron chi connectivity index (χ1n) is 15.4. The summed E-state index contributed by atoms with van der Waals surface area (Å²) in [7, 11) is 1.47. The molecule has 4 saturated carbocycles. The number of rotatable bonds is 8. The Hall–Kier alpha value is -2.49. The normalized spacial score (nSPS) is 41.6. The highest BCUT2D eigenvalue weighted by molar-refractivity contribution is 5.87. The summed E-state index contributed by atoms with van der Waals surface area (Å²) in [5.74, 6) is -0.363. The highest BCUT2D eigenvalue weighted by Gasteiger charge is 2.71. The molecule has 4 aliphatic carbocycles. The first kappa shape index (κ1) is 31.4. The van der Waals surface area contributed by atoms with Crippen LogP contribution in [-0.2, 0) is 28.7 Å². The maximum atomic E-state index is 13.4. The Morgan fingerprint density at radius 3 is 2.29 bits per heavy atom. The van der Waals surface area contributed by atoms with Gasteiger partial charge in [-0.2, -0.15) is 5.26 Å². The van der Waals surface area contributed by atoms with E-state index in [1.807, 2.05) is 13.8 Å². The quantitative estimate of drug-likeness (QED) is 0.194. The van der Waals surface area contributed by atoms with Crippen molar-refractivity contribution in [2.75, 3.05) is 13.7 Å². The van der Waals surface area contributed by atoms with Crippen LogP contribution >= 0.6 is 0 Å². The molecule has 4 aliphatic rings. The summed E-state index contributed by atoms with van der Waals surface area (Å²) in [6.07, 6.45) is 7.85. The Balaban J connectivity index is 1.76. The zero-order valence-electron chi connectivity index (χ0n) is 26.1. The number of esters is 2. The number of allylic oxidation sites excluding steroid dienone is 1. The van der Waals surface area contributed by atoms with Crippen LogP contribution in [0.2, 0.25) is 0 Å². The van der Waals surface area contributed by atoms with Crippen molar-refractivity contribution in [1.29, 1.82) is 5.26 Å². The number of nitriles is 1. The van der Waals surface area contributed by atoms with Crippen LogP contribution in [0.4, 0.5) is 0 Å². The fourth-order valence-corrected chi connectivity index (χ4v) is 11.2. The van der Waals surface area contributed by atoms with Gasteiger partial charge in [-0.25, -0.2) is 0 Å². The van der Waals surface area contributed by atoms with Crippen molar-refractivity contribution in [1.82, 2.24) is 0 Å². The molecule has 41 heavy (non-hydrogen) atoms. The van der Waals surface area contributed by atoms with Gasteiger partial charge in [-0.3, -0.25) is 19.2 Å². The third kappa shape index (κ3) is 4.41. The first-order valence-corrected chi connectivity index (χ1v) is 15.4. The number of carbonyl (C=O) groups excluding carboxylic acids is 4. The number of carbonyl (C=O) groups is 4. The van der Waals surface area contributed by atoms with Gasteiger partial charge in [0, 0.05) is 18.8 Å². The van der Waals surface area contributed by atoms with E-state index in [1.165, 1.54) is 14.0 Å². The predicted molar refractivity (Wildman–Crippen MR) is 154 cm³/mol. The van der Waals surface area contributed by atoms with Crippen LogP contribution in [0.25, 0.3) is 0 Å². The van der Waals surface area contributed by atoms with Crippen LogP contribution in [0.5, 0.6) is 0 Å². The molecule has 226 valence electrons. The van der Waals surface area contributed by atoms with E-state index in [-0.39, 0.29) is 58.8 Å². The molecule has 0 saturated heterocycles. The highest BCUT2D eigenvalue weighted by atomic mass is 16.5. The summed E-state index contributed by atoms with van der Waals surface area (Å²) in [5, 5.41) is 10.1. The van der Waals surface area contributed by atoms with E-state index >= 15 is 0 Å². The van der Waals surface area contributed by atoms with Crippen molar-refractivity contribution >= 4 is 24.0 Å². The monoisotopic (exact) mass is 567 g/mol. The van der Waals surface area contributed by atoms with Crippen LogP contribution in [0.3, 0.4) is 0 Å². The fourth-order valence-electron chi connectivity index (χ4n) is 11.2. The molecular weight excluding hydrogens is 518 g/mol. The lowest BCUT2D eigenvalue weighted by atomic mass is 9.33. The summed E-state index contributed by atoms with van der Waals surface area (Å²) >= 11 is 0. The minimum absolute atomic E-state index is 0.00543. The average Bonchev–Trinajstić information content (AvgIpc) is 3.32. The molecule has 0 radical (unpaired) electrons. The van der Waals surface area contributed by atoms with Gasteiger partial charge in [0.05, 0.1) is 18.6 Å². The number of hydrogen-bond donors (Lipinski definition) is 0. The van der Waals surface area contributed by atoms with Crippen molar-refractivity contribution < 1.29 is 28.7 Å².